The zero-order valence-corrected chi connectivity index (χ0v) is 23.1. The summed E-state index contributed by atoms with van der Waals surface area (Å²) in [6, 6.07) is 36.2. The van der Waals surface area contributed by atoms with Crippen LogP contribution in [0.3, 0.4) is 0 Å². The van der Waals surface area contributed by atoms with Crippen LogP contribution in [0.15, 0.2) is 125 Å². The monoisotopic (exact) mass is 564 g/mol. The lowest BCUT2D eigenvalue weighted by atomic mass is 9.96. The SMILES string of the molecule is COC(=O)c1ccc2c(c1)nc1c(=O)n(Cc3ccccc3)c(=O)nc-1n2-c1cccc2cccc(-c3ccccc3)c12. The molecule has 0 fully saturated rings. The number of benzene rings is 5. The zero-order chi connectivity index (χ0) is 29.5. The zero-order valence-electron chi connectivity index (χ0n) is 23.1. The Labute approximate surface area is 245 Å². The number of methoxy groups -OCH3 is 1. The Morgan fingerprint density at radius 2 is 1.51 bits per heavy atom. The predicted molar refractivity (Wildman–Crippen MR) is 166 cm³/mol. The molecule has 0 saturated carbocycles. The van der Waals surface area contributed by atoms with Gasteiger partial charge < -0.3 is 4.74 Å². The molecule has 2 heterocycles. The van der Waals surface area contributed by atoms with E-state index in [0.717, 1.165) is 32.0 Å². The molecule has 0 saturated heterocycles. The number of carbonyl (C=O) groups is 1. The maximum absolute atomic E-state index is 14.0. The number of fused-ring (bicyclic) bond motifs is 3. The summed E-state index contributed by atoms with van der Waals surface area (Å²) in [6.45, 7) is 0.0514. The molecule has 0 bridgehead atoms. The van der Waals surface area contributed by atoms with E-state index in [1.165, 1.54) is 7.11 Å². The minimum Gasteiger partial charge on any atom is -0.465 e. The third kappa shape index (κ3) is 4.46. The summed E-state index contributed by atoms with van der Waals surface area (Å²) in [6.07, 6.45) is 0. The number of aromatic nitrogens is 4. The van der Waals surface area contributed by atoms with Crippen molar-refractivity contribution in [1.29, 1.82) is 0 Å². The highest BCUT2D eigenvalue weighted by Crippen LogP contribution is 2.36. The van der Waals surface area contributed by atoms with Crippen LogP contribution in [0.25, 0.3) is 50.1 Å². The fourth-order valence-corrected chi connectivity index (χ4v) is 5.56. The van der Waals surface area contributed by atoms with Crippen molar-refractivity contribution in [2.75, 3.05) is 7.11 Å². The largest absolute Gasteiger partial charge is 0.465 e. The third-order valence-electron chi connectivity index (χ3n) is 7.57. The first kappa shape index (κ1) is 26.0. The molecule has 208 valence electrons. The molecule has 0 N–H and O–H groups in total. The van der Waals surface area contributed by atoms with Crippen molar-refractivity contribution in [2.45, 2.75) is 6.54 Å². The second-order valence-corrected chi connectivity index (χ2v) is 10.1. The van der Waals surface area contributed by atoms with Gasteiger partial charge in [0, 0.05) is 5.39 Å². The Morgan fingerprint density at radius 3 is 2.26 bits per heavy atom. The first-order valence-corrected chi connectivity index (χ1v) is 13.7. The molecule has 2 aliphatic heterocycles. The van der Waals surface area contributed by atoms with Crippen molar-refractivity contribution in [3.8, 4) is 28.3 Å². The van der Waals surface area contributed by atoms with E-state index in [-0.39, 0.29) is 23.6 Å². The molecule has 0 atom stereocenters. The van der Waals surface area contributed by atoms with Gasteiger partial charge in [0.2, 0.25) is 0 Å². The molecular formula is C35H24N4O4. The van der Waals surface area contributed by atoms with E-state index in [2.05, 4.69) is 9.97 Å². The molecule has 0 aliphatic carbocycles. The fraction of sp³-hybridized carbons (Fsp3) is 0.0571. The number of rotatable bonds is 5. The average molecular weight is 565 g/mol. The van der Waals surface area contributed by atoms with Gasteiger partial charge in [-0.25, -0.2) is 14.6 Å². The molecule has 5 aromatic carbocycles. The quantitative estimate of drug-likeness (QED) is 0.197. The van der Waals surface area contributed by atoms with E-state index in [1.807, 2.05) is 97.1 Å². The van der Waals surface area contributed by atoms with Crippen LogP contribution in [-0.2, 0) is 11.3 Å². The summed E-state index contributed by atoms with van der Waals surface area (Å²) < 4.78 is 7.82. The van der Waals surface area contributed by atoms with Gasteiger partial charge in [-0.2, -0.15) is 4.98 Å². The average Bonchev–Trinajstić information content (AvgIpc) is 3.05. The van der Waals surface area contributed by atoms with Crippen LogP contribution in [-0.4, -0.2) is 32.2 Å². The third-order valence-corrected chi connectivity index (χ3v) is 7.57. The van der Waals surface area contributed by atoms with Gasteiger partial charge in [0.15, 0.2) is 11.5 Å². The van der Waals surface area contributed by atoms with Crippen molar-refractivity contribution in [2.24, 2.45) is 0 Å². The van der Waals surface area contributed by atoms with Gasteiger partial charge in [0.25, 0.3) is 5.56 Å². The fourth-order valence-electron chi connectivity index (χ4n) is 5.56. The highest BCUT2D eigenvalue weighted by molar-refractivity contribution is 6.04. The number of hydrogen-bond donors (Lipinski definition) is 0. The normalized spacial score (nSPS) is 11.3. The standard InChI is InChI=1S/C35H24N4O4/c1-43-34(41)25-18-19-28-27(20-25)36-31-32(37-35(42)38(33(31)40)21-22-10-4-2-5-11-22)39(28)29-17-9-15-24-14-8-16-26(30(24)29)23-12-6-3-7-13-23/h2-20H,21H2,1H3. The second-order valence-electron chi connectivity index (χ2n) is 10.1. The van der Waals surface area contributed by atoms with Crippen LogP contribution in [0, 0.1) is 0 Å². The molecule has 8 nitrogen and oxygen atoms in total. The minimum absolute atomic E-state index is 0.0132. The smallest absolute Gasteiger partial charge is 0.352 e. The molecule has 0 radical (unpaired) electrons. The predicted octanol–water partition coefficient (Wildman–Crippen LogP) is 5.70. The van der Waals surface area contributed by atoms with Crippen LogP contribution < -0.4 is 11.2 Å². The summed E-state index contributed by atoms with van der Waals surface area (Å²) in [5.74, 6) is -0.394. The molecule has 43 heavy (non-hydrogen) atoms. The first-order valence-electron chi connectivity index (χ1n) is 13.7. The second kappa shape index (κ2) is 10.5. The summed E-state index contributed by atoms with van der Waals surface area (Å²) >= 11 is 0. The molecular weight excluding hydrogens is 540 g/mol. The van der Waals surface area contributed by atoms with Gasteiger partial charge in [0.1, 0.15) is 0 Å². The van der Waals surface area contributed by atoms with Crippen molar-refractivity contribution >= 4 is 27.8 Å². The number of esters is 1. The first-order chi connectivity index (χ1) is 21.0. The molecule has 7 rings (SSSR count). The Hall–Kier alpha value is -5.89. The van der Waals surface area contributed by atoms with Gasteiger partial charge in [0.05, 0.1) is 35.9 Å². The van der Waals surface area contributed by atoms with Gasteiger partial charge >= 0.3 is 11.7 Å². The van der Waals surface area contributed by atoms with Crippen molar-refractivity contribution in [3.63, 3.8) is 0 Å². The number of ether oxygens (including phenoxy) is 1. The van der Waals surface area contributed by atoms with Crippen molar-refractivity contribution < 1.29 is 9.53 Å². The number of hydrogen-bond acceptors (Lipinski definition) is 6. The number of carbonyl (C=O) groups excluding carboxylic acids is 1. The van der Waals surface area contributed by atoms with Crippen molar-refractivity contribution in [1.82, 2.24) is 19.1 Å². The Morgan fingerprint density at radius 1 is 0.791 bits per heavy atom. The van der Waals surface area contributed by atoms with Gasteiger partial charge in [-0.3, -0.25) is 13.9 Å². The molecule has 2 aliphatic rings. The number of nitrogens with zero attached hydrogens (tertiary/aromatic N) is 4. The Kier molecular flexibility index (Phi) is 6.36. The van der Waals surface area contributed by atoms with E-state index in [0.29, 0.717) is 16.7 Å². The van der Waals surface area contributed by atoms with Gasteiger partial charge in [-0.05, 0) is 46.3 Å². The summed E-state index contributed by atoms with van der Waals surface area (Å²) in [4.78, 5) is 49.0. The Balaban J connectivity index is 1.60. The summed E-state index contributed by atoms with van der Waals surface area (Å²) in [5.41, 5.74) is 3.50. The minimum atomic E-state index is -0.675. The highest BCUT2D eigenvalue weighted by Gasteiger charge is 2.25. The molecule has 0 unspecified atom stereocenters. The van der Waals surface area contributed by atoms with Crippen LogP contribution in [0.1, 0.15) is 15.9 Å². The van der Waals surface area contributed by atoms with E-state index in [9.17, 15) is 14.4 Å². The van der Waals surface area contributed by atoms with Gasteiger partial charge in [-0.1, -0.05) is 91.0 Å². The molecule has 5 aromatic rings. The molecule has 0 aromatic heterocycles. The molecule has 8 heteroatoms. The van der Waals surface area contributed by atoms with E-state index < -0.39 is 17.2 Å². The van der Waals surface area contributed by atoms with Crippen LogP contribution in [0.5, 0.6) is 0 Å². The van der Waals surface area contributed by atoms with E-state index in [4.69, 9.17) is 4.74 Å². The highest BCUT2D eigenvalue weighted by atomic mass is 16.5. The van der Waals surface area contributed by atoms with E-state index in [1.54, 1.807) is 22.8 Å². The Bertz CT molecular complexity index is 2250. The lowest BCUT2D eigenvalue weighted by Crippen LogP contribution is -2.39. The summed E-state index contributed by atoms with van der Waals surface area (Å²) in [7, 11) is 1.31. The lowest BCUT2D eigenvalue weighted by Gasteiger charge is -2.21. The maximum atomic E-state index is 14.0. The van der Waals surface area contributed by atoms with Crippen LogP contribution in [0.2, 0.25) is 0 Å². The summed E-state index contributed by atoms with van der Waals surface area (Å²) in [5, 5.41) is 1.88. The van der Waals surface area contributed by atoms with E-state index >= 15 is 0 Å². The topological polar surface area (TPSA) is 96.1 Å². The van der Waals surface area contributed by atoms with Crippen LogP contribution in [0.4, 0.5) is 0 Å². The maximum Gasteiger partial charge on any atom is 0.352 e. The lowest BCUT2D eigenvalue weighted by molar-refractivity contribution is 0.0601. The molecule has 0 amide bonds. The molecule has 0 spiro atoms. The van der Waals surface area contributed by atoms with Crippen LogP contribution >= 0.6 is 0 Å². The van der Waals surface area contributed by atoms with Crippen molar-refractivity contribution in [3.05, 3.63) is 147 Å². The van der Waals surface area contributed by atoms with Gasteiger partial charge in [-0.15, -0.1) is 0 Å².